The maximum absolute atomic E-state index is 12.8. The van der Waals surface area contributed by atoms with Gasteiger partial charge in [-0.1, -0.05) is 6.07 Å². The minimum absolute atomic E-state index is 0.122. The van der Waals surface area contributed by atoms with E-state index in [1.54, 1.807) is 11.8 Å². The summed E-state index contributed by atoms with van der Waals surface area (Å²) in [6.45, 7) is 8.37. The molecule has 2 aliphatic rings. The summed E-state index contributed by atoms with van der Waals surface area (Å²) in [6.07, 6.45) is -3.57. The third kappa shape index (κ3) is 8.21. The molecule has 1 aromatic rings. The van der Waals surface area contributed by atoms with E-state index in [1.807, 2.05) is 0 Å². The van der Waals surface area contributed by atoms with E-state index in [1.165, 1.54) is 12.1 Å². The Morgan fingerprint density at radius 3 is 2.46 bits per heavy atom. The molecule has 2 aliphatic heterocycles. The van der Waals surface area contributed by atoms with E-state index in [2.05, 4.69) is 15.1 Å². The third-order valence-electron chi connectivity index (χ3n) is 6.42. The minimum Gasteiger partial charge on any atom is -0.450 e. The zero-order chi connectivity index (χ0) is 25.4. The van der Waals surface area contributed by atoms with Gasteiger partial charge in [0.15, 0.2) is 5.78 Å². The van der Waals surface area contributed by atoms with Gasteiger partial charge in [-0.25, -0.2) is 4.79 Å². The number of carbonyl (C=O) groups excluding carboxylic acids is 3. The number of Topliss-reactive ketones (excluding diaryl/α,β-unsaturated/α-hetero) is 1. The van der Waals surface area contributed by atoms with Crippen LogP contribution in [-0.4, -0.2) is 98.0 Å². The van der Waals surface area contributed by atoms with Crippen molar-refractivity contribution in [3.05, 3.63) is 35.4 Å². The van der Waals surface area contributed by atoms with Crippen molar-refractivity contribution in [1.82, 2.24) is 20.0 Å². The number of ketones is 1. The molecule has 194 valence electrons. The number of nitrogens with one attached hydrogen (secondary N) is 1. The molecule has 1 N–H and O–H groups in total. The summed E-state index contributed by atoms with van der Waals surface area (Å²) in [5.74, 6) is -0.624. The molecule has 0 radical (unpaired) electrons. The maximum Gasteiger partial charge on any atom is 0.416 e. The lowest BCUT2D eigenvalue weighted by molar-refractivity contribution is -0.137. The van der Waals surface area contributed by atoms with E-state index in [0.717, 1.165) is 57.8 Å². The van der Waals surface area contributed by atoms with E-state index >= 15 is 0 Å². The first-order chi connectivity index (χ1) is 16.7. The van der Waals surface area contributed by atoms with Gasteiger partial charge in [0.05, 0.1) is 18.7 Å². The molecule has 11 heteroatoms. The average Bonchev–Trinajstić information content (AvgIpc) is 3.28. The van der Waals surface area contributed by atoms with Crippen LogP contribution >= 0.6 is 0 Å². The summed E-state index contributed by atoms with van der Waals surface area (Å²) in [5, 5.41) is 2.44. The van der Waals surface area contributed by atoms with Gasteiger partial charge in [-0.15, -0.1) is 0 Å². The number of halogens is 3. The molecule has 35 heavy (non-hydrogen) atoms. The first-order valence-electron chi connectivity index (χ1n) is 12.0. The highest BCUT2D eigenvalue weighted by atomic mass is 19.4. The Morgan fingerprint density at radius 1 is 1.06 bits per heavy atom. The van der Waals surface area contributed by atoms with Gasteiger partial charge in [-0.05, 0) is 44.0 Å². The van der Waals surface area contributed by atoms with Crippen LogP contribution in [0.3, 0.4) is 0 Å². The van der Waals surface area contributed by atoms with Crippen LogP contribution in [0, 0.1) is 5.92 Å². The van der Waals surface area contributed by atoms with E-state index in [9.17, 15) is 27.6 Å². The van der Waals surface area contributed by atoms with Crippen LogP contribution in [0.1, 0.15) is 35.7 Å². The monoisotopic (exact) mass is 498 g/mol. The largest absolute Gasteiger partial charge is 0.450 e. The minimum atomic E-state index is -4.53. The summed E-state index contributed by atoms with van der Waals surface area (Å²) in [4.78, 5) is 42.7. The van der Waals surface area contributed by atoms with Crippen LogP contribution in [0.2, 0.25) is 0 Å². The van der Waals surface area contributed by atoms with Crippen LogP contribution in [0.4, 0.5) is 18.0 Å². The van der Waals surface area contributed by atoms with Crippen LogP contribution < -0.4 is 5.32 Å². The summed E-state index contributed by atoms with van der Waals surface area (Å²) in [7, 11) is 0. The number of rotatable bonds is 9. The van der Waals surface area contributed by atoms with Gasteiger partial charge in [0.2, 0.25) is 0 Å². The van der Waals surface area contributed by atoms with Crippen LogP contribution in [0.25, 0.3) is 0 Å². The molecule has 2 heterocycles. The van der Waals surface area contributed by atoms with Crippen molar-refractivity contribution in [2.24, 2.45) is 5.92 Å². The van der Waals surface area contributed by atoms with Crippen LogP contribution in [-0.2, 0) is 15.7 Å². The number of piperazine rings is 1. The Labute approximate surface area is 203 Å². The molecular weight excluding hydrogens is 465 g/mol. The summed E-state index contributed by atoms with van der Waals surface area (Å²) in [6, 6.07) is 4.15. The second-order valence-corrected chi connectivity index (χ2v) is 8.99. The normalized spacial score (nSPS) is 19.5. The molecule has 0 saturated carbocycles. The molecule has 0 bridgehead atoms. The number of ether oxygens (including phenoxy) is 1. The number of benzene rings is 1. The fraction of sp³-hybridized carbons (Fsp3) is 0.625. The van der Waals surface area contributed by atoms with Crippen molar-refractivity contribution >= 4 is 17.8 Å². The molecular formula is C24H33F3N4O4. The molecule has 3 rings (SSSR count). The summed E-state index contributed by atoms with van der Waals surface area (Å²) >= 11 is 0. The number of hydrogen-bond donors (Lipinski definition) is 1. The van der Waals surface area contributed by atoms with Crippen LogP contribution in [0.15, 0.2) is 24.3 Å². The number of amides is 2. The zero-order valence-electron chi connectivity index (χ0n) is 20.0. The highest BCUT2D eigenvalue weighted by Crippen LogP contribution is 2.29. The molecule has 0 spiro atoms. The van der Waals surface area contributed by atoms with Crippen molar-refractivity contribution in [2.45, 2.75) is 25.9 Å². The van der Waals surface area contributed by atoms with E-state index in [0.29, 0.717) is 26.1 Å². The highest BCUT2D eigenvalue weighted by Gasteiger charge is 2.31. The first kappa shape index (κ1) is 26.9. The molecule has 8 nitrogen and oxygen atoms in total. The topological polar surface area (TPSA) is 82.2 Å². The van der Waals surface area contributed by atoms with Gasteiger partial charge in [-0.3, -0.25) is 14.5 Å². The maximum atomic E-state index is 12.8. The van der Waals surface area contributed by atoms with Gasteiger partial charge in [-0.2, -0.15) is 13.2 Å². The van der Waals surface area contributed by atoms with Crippen molar-refractivity contribution < 1.29 is 32.3 Å². The highest BCUT2D eigenvalue weighted by molar-refractivity contribution is 5.96. The standard InChI is InChI=1S/C24H33F3N4O4/c1-2-35-23(34)31-12-10-29(11-13-31)8-9-30-7-6-18(17-30)14-21(32)16-28-22(33)19-4-3-5-20(15-19)24(25,26)27/h3-5,15,18H,2,6-14,16-17H2,1H3,(H,28,33)/t18-/m0/s1. The van der Waals surface area contributed by atoms with Crippen LogP contribution in [0.5, 0.6) is 0 Å². The second-order valence-electron chi connectivity index (χ2n) is 8.99. The van der Waals surface area contributed by atoms with Crippen molar-refractivity contribution in [3.8, 4) is 0 Å². The van der Waals surface area contributed by atoms with E-state index in [4.69, 9.17) is 4.74 Å². The van der Waals surface area contributed by atoms with Crippen molar-refractivity contribution in [3.63, 3.8) is 0 Å². The molecule has 1 aromatic carbocycles. The van der Waals surface area contributed by atoms with Gasteiger partial charge >= 0.3 is 12.3 Å². The van der Waals surface area contributed by atoms with Gasteiger partial charge in [0.25, 0.3) is 5.91 Å². The van der Waals surface area contributed by atoms with Crippen molar-refractivity contribution in [2.75, 3.05) is 65.5 Å². The predicted molar refractivity (Wildman–Crippen MR) is 123 cm³/mol. The Hall–Kier alpha value is -2.66. The molecule has 0 unspecified atom stereocenters. The Kier molecular flexibility index (Phi) is 9.50. The van der Waals surface area contributed by atoms with E-state index in [-0.39, 0.29) is 29.9 Å². The SMILES string of the molecule is CCOC(=O)N1CCN(CCN2CC[C@@H](CC(=O)CNC(=O)c3cccc(C(F)(F)F)c3)C2)CC1. The fourth-order valence-corrected chi connectivity index (χ4v) is 4.45. The Balaban J connectivity index is 1.33. The smallest absolute Gasteiger partial charge is 0.416 e. The fourth-order valence-electron chi connectivity index (χ4n) is 4.45. The predicted octanol–water partition coefficient (Wildman–Crippen LogP) is 2.49. The number of hydrogen-bond acceptors (Lipinski definition) is 6. The lowest BCUT2D eigenvalue weighted by Gasteiger charge is -2.34. The van der Waals surface area contributed by atoms with Crippen molar-refractivity contribution in [1.29, 1.82) is 0 Å². The number of carbonyl (C=O) groups is 3. The number of likely N-dealkylation sites (tertiary alicyclic amines) is 1. The third-order valence-corrected chi connectivity index (χ3v) is 6.42. The lowest BCUT2D eigenvalue weighted by atomic mass is 10.0. The van der Waals surface area contributed by atoms with Gasteiger partial charge in [0, 0.05) is 57.8 Å². The summed E-state index contributed by atoms with van der Waals surface area (Å²) in [5.41, 5.74) is -1.02. The molecule has 0 aromatic heterocycles. The van der Waals surface area contributed by atoms with Gasteiger partial charge < -0.3 is 19.9 Å². The molecule has 1 atom stereocenters. The summed E-state index contributed by atoms with van der Waals surface area (Å²) < 4.78 is 43.5. The lowest BCUT2D eigenvalue weighted by Crippen LogP contribution is -2.50. The average molecular weight is 499 g/mol. The second kappa shape index (κ2) is 12.3. The number of alkyl halides is 3. The molecule has 0 aliphatic carbocycles. The molecule has 2 fully saturated rings. The first-order valence-corrected chi connectivity index (χ1v) is 12.0. The number of nitrogens with zero attached hydrogens (tertiary/aromatic N) is 3. The zero-order valence-corrected chi connectivity index (χ0v) is 20.0. The Bertz CT molecular complexity index is 888. The Morgan fingerprint density at radius 2 is 1.77 bits per heavy atom. The van der Waals surface area contributed by atoms with E-state index < -0.39 is 17.6 Å². The molecule has 2 amide bonds. The molecule has 2 saturated heterocycles. The van der Waals surface area contributed by atoms with Gasteiger partial charge in [0.1, 0.15) is 0 Å². The quantitative estimate of drug-likeness (QED) is 0.564.